The van der Waals surface area contributed by atoms with E-state index >= 15 is 0 Å². The van der Waals surface area contributed by atoms with E-state index in [4.69, 9.17) is 4.74 Å². The van der Waals surface area contributed by atoms with Gasteiger partial charge in [0.05, 0.1) is 11.3 Å². The molecule has 1 fully saturated rings. The van der Waals surface area contributed by atoms with Crippen molar-refractivity contribution in [2.45, 2.75) is 13.5 Å². The number of benzene rings is 2. The second-order valence-electron chi connectivity index (χ2n) is 6.37. The number of ether oxygens (including phenoxy) is 1. The minimum Gasteiger partial charge on any atom is -0.457 e. The highest BCUT2D eigenvalue weighted by Crippen LogP contribution is 2.24. The van der Waals surface area contributed by atoms with Gasteiger partial charge in [-0.15, -0.1) is 0 Å². The Labute approximate surface area is 143 Å². The molecule has 0 bridgehead atoms. The van der Waals surface area contributed by atoms with E-state index < -0.39 is 0 Å². The van der Waals surface area contributed by atoms with Gasteiger partial charge in [-0.2, -0.15) is 0 Å². The average Bonchev–Trinajstić information content (AvgIpc) is 2.61. The zero-order valence-corrected chi connectivity index (χ0v) is 14.4. The van der Waals surface area contributed by atoms with Gasteiger partial charge in [0.25, 0.3) is 0 Å². The predicted octanol–water partition coefficient (Wildman–Crippen LogP) is 3.10. The Kier molecular flexibility index (Phi) is 5.16. The number of esters is 1. The summed E-state index contributed by atoms with van der Waals surface area (Å²) in [4.78, 5) is 17.2. The van der Waals surface area contributed by atoms with Crippen molar-refractivity contribution in [3.05, 3.63) is 65.2 Å². The largest absolute Gasteiger partial charge is 0.457 e. The molecule has 3 rings (SSSR count). The SMILES string of the molecule is Cc1ccc(C(=O)OCc2ccccc2)c(N2CCN(C)CC2)c1. The topological polar surface area (TPSA) is 32.8 Å². The fourth-order valence-corrected chi connectivity index (χ4v) is 2.92. The molecule has 0 unspecified atom stereocenters. The molecule has 2 aromatic carbocycles. The number of nitrogens with zero attached hydrogens (tertiary/aromatic N) is 2. The van der Waals surface area contributed by atoms with Crippen LogP contribution >= 0.6 is 0 Å². The molecule has 0 N–H and O–H groups in total. The summed E-state index contributed by atoms with van der Waals surface area (Å²) in [5.74, 6) is -0.257. The van der Waals surface area contributed by atoms with E-state index in [0.717, 1.165) is 43.0 Å². The Morgan fingerprint density at radius 2 is 1.75 bits per heavy atom. The molecule has 4 heteroatoms. The molecule has 0 aliphatic carbocycles. The Balaban J connectivity index is 1.75. The van der Waals surface area contributed by atoms with Crippen LogP contribution in [-0.4, -0.2) is 44.1 Å². The van der Waals surface area contributed by atoms with Crippen molar-refractivity contribution in [3.63, 3.8) is 0 Å². The van der Waals surface area contributed by atoms with Gasteiger partial charge in [0, 0.05) is 26.2 Å². The normalized spacial score (nSPS) is 15.3. The Morgan fingerprint density at radius 1 is 1.04 bits per heavy atom. The Hall–Kier alpha value is -2.33. The summed E-state index contributed by atoms with van der Waals surface area (Å²) in [6.45, 7) is 6.23. The number of rotatable bonds is 4. The van der Waals surface area contributed by atoms with Crippen LogP contribution in [-0.2, 0) is 11.3 Å². The molecular formula is C20H24N2O2. The van der Waals surface area contributed by atoms with Gasteiger partial charge in [-0.25, -0.2) is 4.79 Å². The van der Waals surface area contributed by atoms with Gasteiger partial charge in [0.2, 0.25) is 0 Å². The maximum atomic E-state index is 12.6. The van der Waals surface area contributed by atoms with Crippen molar-refractivity contribution in [2.75, 3.05) is 38.1 Å². The Morgan fingerprint density at radius 3 is 2.46 bits per heavy atom. The lowest BCUT2D eigenvalue weighted by molar-refractivity contribution is 0.0473. The summed E-state index contributed by atoms with van der Waals surface area (Å²) in [6, 6.07) is 15.7. The third-order valence-electron chi connectivity index (χ3n) is 4.43. The van der Waals surface area contributed by atoms with E-state index in [9.17, 15) is 4.79 Å². The maximum absolute atomic E-state index is 12.6. The lowest BCUT2D eigenvalue weighted by Gasteiger charge is -2.35. The molecular weight excluding hydrogens is 300 g/mol. The number of piperazine rings is 1. The van der Waals surface area contributed by atoms with Gasteiger partial charge in [0.15, 0.2) is 0 Å². The zero-order valence-electron chi connectivity index (χ0n) is 14.4. The van der Waals surface area contributed by atoms with Gasteiger partial charge in [-0.1, -0.05) is 36.4 Å². The molecule has 0 spiro atoms. The first-order valence-corrected chi connectivity index (χ1v) is 8.38. The van der Waals surface area contributed by atoms with Crippen LogP contribution in [0.1, 0.15) is 21.5 Å². The van der Waals surface area contributed by atoms with E-state index in [1.165, 1.54) is 0 Å². The van der Waals surface area contributed by atoms with E-state index in [-0.39, 0.29) is 5.97 Å². The maximum Gasteiger partial charge on any atom is 0.340 e. The zero-order chi connectivity index (χ0) is 16.9. The highest BCUT2D eigenvalue weighted by molar-refractivity contribution is 5.96. The molecule has 0 saturated carbocycles. The minimum absolute atomic E-state index is 0.257. The number of likely N-dealkylation sites (N-methyl/N-ethyl adjacent to an activating group) is 1. The molecule has 4 nitrogen and oxygen atoms in total. The second-order valence-corrected chi connectivity index (χ2v) is 6.37. The minimum atomic E-state index is -0.257. The van der Waals surface area contributed by atoms with Crippen LogP contribution in [0.25, 0.3) is 0 Å². The van der Waals surface area contributed by atoms with E-state index in [2.05, 4.69) is 29.8 Å². The van der Waals surface area contributed by atoms with Crippen molar-refractivity contribution in [2.24, 2.45) is 0 Å². The standard InChI is InChI=1S/C20H24N2O2/c1-16-8-9-18(19(14-16)22-12-10-21(2)11-13-22)20(23)24-15-17-6-4-3-5-7-17/h3-9,14H,10-13,15H2,1-2H3. The van der Waals surface area contributed by atoms with Gasteiger partial charge in [-0.3, -0.25) is 0 Å². The summed E-state index contributed by atoms with van der Waals surface area (Å²) < 4.78 is 5.53. The number of anilines is 1. The first-order chi connectivity index (χ1) is 11.6. The lowest BCUT2D eigenvalue weighted by Crippen LogP contribution is -2.45. The first kappa shape index (κ1) is 16.5. The lowest BCUT2D eigenvalue weighted by atomic mass is 10.1. The van der Waals surface area contributed by atoms with Crippen LogP contribution in [0.4, 0.5) is 5.69 Å². The highest BCUT2D eigenvalue weighted by atomic mass is 16.5. The van der Waals surface area contributed by atoms with Crippen molar-refractivity contribution < 1.29 is 9.53 Å². The molecule has 1 saturated heterocycles. The summed E-state index contributed by atoms with van der Waals surface area (Å²) >= 11 is 0. The Bertz CT molecular complexity index is 692. The second kappa shape index (κ2) is 7.49. The van der Waals surface area contributed by atoms with Gasteiger partial charge in [0.1, 0.15) is 6.61 Å². The summed E-state index contributed by atoms with van der Waals surface area (Å²) in [5.41, 5.74) is 3.80. The van der Waals surface area contributed by atoms with Crippen molar-refractivity contribution >= 4 is 11.7 Å². The fraction of sp³-hybridized carbons (Fsp3) is 0.350. The van der Waals surface area contributed by atoms with Crippen LogP contribution < -0.4 is 4.90 Å². The number of carbonyl (C=O) groups excluding carboxylic acids is 1. The van der Waals surface area contributed by atoms with Gasteiger partial charge >= 0.3 is 5.97 Å². The first-order valence-electron chi connectivity index (χ1n) is 8.38. The van der Waals surface area contributed by atoms with E-state index in [1.54, 1.807) is 0 Å². The van der Waals surface area contributed by atoms with Crippen molar-refractivity contribution in [1.82, 2.24) is 4.90 Å². The summed E-state index contributed by atoms with van der Waals surface area (Å²) in [5, 5.41) is 0. The molecule has 2 aromatic rings. The molecule has 24 heavy (non-hydrogen) atoms. The third kappa shape index (κ3) is 3.95. The number of hydrogen-bond donors (Lipinski definition) is 0. The van der Waals surface area contributed by atoms with E-state index in [1.807, 2.05) is 42.5 Å². The fourth-order valence-electron chi connectivity index (χ4n) is 2.92. The predicted molar refractivity (Wildman–Crippen MR) is 96.5 cm³/mol. The third-order valence-corrected chi connectivity index (χ3v) is 4.43. The van der Waals surface area contributed by atoms with Gasteiger partial charge in [-0.05, 0) is 37.2 Å². The van der Waals surface area contributed by atoms with Crippen LogP contribution in [0.2, 0.25) is 0 Å². The van der Waals surface area contributed by atoms with Crippen molar-refractivity contribution in [3.8, 4) is 0 Å². The smallest absolute Gasteiger partial charge is 0.340 e. The molecule has 0 amide bonds. The van der Waals surface area contributed by atoms with Crippen LogP contribution in [0.5, 0.6) is 0 Å². The van der Waals surface area contributed by atoms with E-state index in [0.29, 0.717) is 12.2 Å². The summed E-state index contributed by atoms with van der Waals surface area (Å²) in [7, 11) is 2.13. The number of carbonyl (C=O) groups is 1. The van der Waals surface area contributed by atoms with Crippen LogP contribution in [0.3, 0.4) is 0 Å². The number of hydrogen-bond acceptors (Lipinski definition) is 4. The van der Waals surface area contributed by atoms with Gasteiger partial charge < -0.3 is 14.5 Å². The molecule has 0 atom stereocenters. The quantitative estimate of drug-likeness (QED) is 0.809. The van der Waals surface area contributed by atoms with Crippen molar-refractivity contribution in [1.29, 1.82) is 0 Å². The molecule has 1 aliphatic heterocycles. The molecule has 0 aromatic heterocycles. The van der Waals surface area contributed by atoms with Crippen LogP contribution in [0.15, 0.2) is 48.5 Å². The summed E-state index contributed by atoms with van der Waals surface area (Å²) in [6.07, 6.45) is 0. The average molecular weight is 324 g/mol. The highest BCUT2D eigenvalue weighted by Gasteiger charge is 2.21. The molecule has 1 heterocycles. The molecule has 0 radical (unpaired) electrons. The molecule has 126 valence electrons. The van der Waals surface area contributed by atoms with Crippen LogP contribution in [0, 0.1) is 6.92 Å². The monoisotopic (exact) mass is 324 g/mol. The molecule has 1 aliphatic rings. The number of aryl methyl sites for hydroxylation is 1.